The Kier molecular flexibility index (Phi) is 3.55. The molecule has 0 unspecified atom stereocenters. The normalized spacial score (nSPS) is 16.8. The van der Waals surface area contributed by atoms with Crippen molar-refractivity contribution < 1.29 is 14.3 Å². The summed E-state index contributed by atoms with van der Waals surface area (Å²) in [6.07, 6.45) is 1.71. The average Bonchev–Trinajstić information content (AvgIpc) is 2.66. The molecule has 1 aromatic rings. The number of amides is 1. The molecule has 0 saturated heterocycles. The number of methoxy groups -OCH3 is 2. The number of amidine groups is 1. The summed E-state index contributed by atoms with van der Waals surface area (Å²) >= 11 is 0. The predicted octanol–water partition coefficient (Wildman–Crippen LogP) is 1.94. The first kappa shape index (κ1) is 13.1. The van der Waals surface area contributed by atoms with E-state index in [2.05, 4.69) is 4.99 Å². The lowest BCUT2D eigenvalue weighted by atomic mass is 10.1. The van der Waals surface area contributed by atoms with E-state index in [4.69, 9.17) is 9.47 Å². The van der Waals surface area contributed by atoms with E-state index in [9.17, 15) is 4.79 Å². The summed E-state index contributed by atoms with van der Waals surface area (Å²) in [4.78, 5) is 17.7. The van der Waals surface area contributed by atoms with Crippen LogP contribution >= 0.6 is 0 Å². The molecule has 1 aliphatic rings. The molecule has 0 bridgehead atoms. The van der Waals surface area contributed by atoms with Crippen LogP contribution in [-0.4, -0.2) is 37.9 Å². The third-order valence-electron chi connectivity index (χ3n) is 3.02. The summed E-state index contributed by atoms with van der Waals surface area (Å²) in [6, 6.07) is 5.50. The fourth-order valence-corrected chi connectivity index (χ4v) is 1.88. The van der Waals surface area contributed by atoms with Crippen LogP contribution in [0.1, 0.15) is 12.5 Å². The van der Waals surface area contributed by atoms with E-state index >= 15 is 0 Å². The molecule has 0 radical (unpaired) electrons. The molecule has 0 aromatic heterocycles. The van der Waals surface area contributed by atoms with Crippen molar-refractivity contribution in [2.24, 2.45) is 4.99 Å². The molecule has 100 valence electrons. The third-order valence-corrected chi connectivity index (χ3v) is 3.02. The van der Waals surface area contributed by atoms with Crippen molar-refractivity contribution in [2.45, 2.75) is 6.92 Å². The van der Waals surface area contributed by atoms with Gasteiger partial charge in [-0.2, -0.15) is 0 Å². The van der Waals surface area contributed by atoms with E-state index in [0.29, 0.717) is 23.0 Å². The minimum atomic E-state index is -0.123. The van der Waals surface area contributed by atoms with Crippen LogP contribution in [0.3, 0.4) is 0 Å². The van der Waals surface area contributed by atoms with E-state index < -0.39 is 0 Å². The molecule has 1 aliphatic heterocycles. The van der Waals surface area contributed by atoms with Crippen LogP contribution in [0.25, 0.3) is 6.08 Å². The van der Waals surface area contributed by atoms with Crippen molar-refractivity contribution in [2.75, 3.05) is 21.3 Å². The Balaban J connectivity index is 2.47. The van der Waals surface area contributed by atoms with Crippen LogP contribution in [-0.2, 0) is 4.79 Å². The largest absolute Gasteiger partial charge is 0.493 e. The van der Waals surface area contributed by atoms with Gasteiger partial charge in [-0.05, 0) is 19.1 Å². The summed E-state index contributed by atoms with van der Waals surface area (Å²) in [5.41, 5.74) is 1.16. The third kappa shape index (κ3) is 2.31. The average molecular weight is 260 g/mol. The van der Waals surface area contributed by atoms with Crippen LogP contribution in [0, 0.1) is 0 Å². The number of hydrogen-bond donors (Lipinski definition) is 0. The lowest BCUT2D eigenvalue weighted by Gasteiger charge is -2.10. The lowest BCUT2D eigenvalue weighted by molar-refractivity contribution is -0.121. The topological polar surface area (TPSA) is 51.1 Å². The Morgan fingerprint density at radius 3 is 2.53 bits per heavy atom. The highest BCUT2D eigenvalue weighted by atomic mass is 16.5. The molecule has 1 aromatic carbocycles. The Labute approximate surface area is 112 Å². The highest BCUT2D eigenvalue weighted by Crippen LogP contribution is 2.32. The quantitative estimate of drug-likeness (QED) is 0.780. The number of para-hydroxylation sites is 1. The summed E-state index contributed by atoms with van der Waals surface area (Å²) in [5, 5.41) is 0. The molecule has 19 heavy (non-hydrogen) atoms. The molecule has 5 nitrogen and oxygen atoms in total. The van der Waals surface area contributed by atoms with Crippen molar-refractivity contribution >= 4 is 17.8 Å². The second-order valence-corrected chi connectivity index (χ2v) is 4.14. The van der Waals surface area contributed by atoms with Gasteiger partial charge in [0.1, 0.15) is 11.5 Å². The number of aliphatic imine (C=N–C) groups is 1. The first-order valence-corrected chi connectivity index (χ1v) is 5.84. The van der Waals surface area contributed by atoms with Crippen molar-refractivity contribution in [3.63, 3.8) is 0 Å². The number of carbonyl (C=O) groups excluding carboxylic acids is 1. The fourth-order valence-electron chi connectivity index (χ4n) is 1.88. The summed E-state index contributed by atoms with van der Waals surface area (Å²) in [5.74, 6) is 1.77. The van der Waals surface area contributed by atoms with Crippen LogP contribution in [0.4, 0.5) is 0 Å². The van der Waals surface area contributed by atoms with Crippen molar-refractivity contribution in [3.8, 4) is 11.5 Å². The van der Waals surface area contributed by atoms with E-state index in [1.54, 1.807) is 40.3 Å². The van der Waals surface area contributed by atoms with E-state index in [0.717, 1.165) is 5.56 Å². The van der Waals surface area contributed by atoms with Gasteiger partial charge in [0, 0.05) is 12.6 Å². The van der Waals surface area contributed by atoms with Crippen molar-refractivity contribution in [1.29, 1.82) is 0 Å². The predicted molar refractivity (Wildman–Crippen MR) is 73.4 cm³/mol. The standard InChI is InChI=1S/C14H16N2O3/c1-9-15-11(14(17)16(9)2)8-10-6-5-7-12(18-3)13(10)19-4/h5-8H,1-4H3/b11-8-. The van der Waals surface area contributed by atoms with Gasteiger partial charge in [0.05, 0.1) is 14.2 Å². The highest BCUT2D eigenvalue weighted by molar-refractivity contribution is 6.13. The maximum atomic E-state index is 11.9. The van der Waals surface area contributed by atoms with Crippen LogP contribution in [0.5, 0.6) is 11.5 Å². The van der Waals surface area contributed by atoms with Crippen LogP contribution in [0.15, 0.2) is 28.9 Å². The smallest absolute Gasteiger partial charge is 0.277 e. The monoisotopic (exact) mass is 260 g/mol. The van der Waals surface area contributed by atoms with Gasteiger partial charge < -0.3 is 9.47 Å². The number of nitrogens with zero attached hydrogens (tertiary/aromatic N) is 2. The van der Waals surface area contributed by atoms with Gasteiger partial charge in [-0.3, -0.25) is 9.69 Å². The maximum absolute atomic E-state index is 11.9. The van der Waals surface area contributed by atoms with Crippen LogP contribution in [0.2, 0.25) is 0 Å². The SMILES string of the molecule is COc1cccc(/C=C2\N=C(C)N(C)C2=O)c1OC. The fraction of sp³-hybridized carbons (Fsp3) is 0.286. The van der Waals surface area contributed by atoms with Crippen molar-refractivity contribution in [3.05, 3.63) is 29.5 Å². The Hall–Kier alpha value is -2.30. The number of rotatable bonds is 3. The second kappa shape index (κ2) is 5.14. The summed E-state index contributed by atoms with van der Waals surface area (Å²) in [6.45, 7) is 1.79. The zero-order valence-corrected chi connectivity index (χ0v) is 11.4. The number of likely N-dealkylation sites (N-methyl/N-ethyl adjacent to an activating group) is 1. The number of ether oxygens (including phenoxy) is 2. The molecule has 1 amide bonds. The lowest BCUT2D eigenvalue weighted by Crippen LogP contribution is -2.25. The second-order valence-electron chi connectivity index (χ2n) is 4.14. The van der Waals surface area contributed by atoms with Gasteiger partial charge in [0.2, 0.25) is 0 Å². The molecular weight excluding hydrogens is 244 g/mol. The van der Waals surface area contributed by atoms with E-state index in [-0.39, 0.29) is 5.91 Å². The molecule has 0 saturated carbocycles. The number of carbonyl (C=O) groups is 1. The molecule has 2 rings (SSSR count). The molecule has 0 N–H and O–H groups in total. The first-order chi connectivity index (χ1) is 9.08. The molecule has 0 spiro atoms. The van der Waals surface area contributed by atoms with Crippen LogP contribution < -0.4 is 9.47 Å². The highest BCUT2D eigenvalue weighted by Gasteiger charge is 2.24. The molecule has 5 heteroatoms. The van der Waals surface area contributed by atoms with E-state index in [1.165, 1.54) is 4.90 Å². The van der Waals surface area contributed by atoms with Gasteiger partial charge in [0.15, 0.2) is 11.5 Å². The maximum Gasteiger partial charge on any atom is 0.277 e. The van der Waals surface area contributed by atoms with Gasteiger partial charge >= 0.3 is 0 Å². The minimum Gasteiger partial charge on any atom is -0.493 e. The molecule has 0 atom stereocenters. The van der Waals surface area contributed by atoms with Gasteiger partial charge in [-0.15, -0.1) is 0 Å². The molecule has 0 fully saturated rings. The first-order valence-electron chi connectivity index (χ1n) is 5.84. The Morgan fingerprint density at radius 1 is 1.26 bits per heavy atom. The molecule has 0 aliphatic carbocycles. The van der Waals surface area contributed by atoms with E-state index in [1.807, 2.05) is 12.1 Å². The molecular formula is C14H16N2O3. The van der Waals surface area contributed by atoms with Gasteiger partial charge in [0.25, 0.3) is 5.91 Å². The van der Waals surface area contributed by atoms with Gasteiger partial charge in [-0.1, -0.05) is 12.1 Å². The Morgan fingerprint density at radius 2 is 2.00 bits per heavy atom. The zero-order chi connectivity index (χ0) is 14.0. The summed E-state index contributed by atoms with van der Waals surface area (Å²) in [7, 11) is 4.84. The molecule has 1 heterocycles. The zero-order valence-electron chi connectivity index (χ0n) is 11.4. The number of benzene rings is 1. The summed E-state index contributed by atoms with van der Waals surface area (Å²) < 4.78 is 10.5. The Bertz CT molecular complexity index is 576. The minimum absolute atomic E-state index is 0.123. The number of hydrogen-bond acceptors (Lipinski definition) is 4. The van der Waals surface area contributed by atoms with Crippen molar-refractivity contribution in [1.82, 2.24) is 4.90 Å². The van der Waals surface area contributed by atoms with Gasteiger partial charge in [-0.25, -0.2) is 4.99 Å².